The van der Waals surface area contributed by atoms with E-state index in [1.807, 2.05) is 6.26 Å². The summed E-state index contributed by atoms with van der Waals surface area (Å²) < 4.78 is 1.30. The van der Waals surface area contributed by atoms with Crippen molar-refractivity contribution in [3.8, 4) is 0 Å². The number of likely N-dealkylation sites (N-methyl/N-ethyl adjacent to an activating group) is 1. The summed E-state index contributed by atoms with van der Waals surface area (Å²) in [5.41, 5.74) is 0. The maximum atomic E-state index is 9.63. The Morgan fingerprint density at radius 3 is 2.35 bits per heavy atom. The smallest absolute Gasteiger partial charge is 0.0971 e. The second-order valence-corrected chi connectivity index (χ2v) is 5.38. The summed E-state index contributed by atoms with van der Waals surface area (Å²) in [6.07, 6.45) is 6.93. The van der Waals surface area contributed by atoms with Gasteiger partial charge in [-0.1, -0.05) is 6.58 Å². The molecule has 1 fully saturated rings. The van der Waals surface area contributed by atoms with Crippen LogP contribution in [0.15, 0.2) is 12.7 Å². The van der Waals surface area contributed by atoms with Crippen molar-refractivity contribution < 1.29 is 14.4 Å². The first kappa shape index (κ1) is 16.5. The molecule has 0 atom stereocenters. The molecule has 0 aromatic rings. The molecule has 0 amide bonds. The molecule has 0 aliphatic carbocycles. The number of aliphatic carboxylic acids is 1. The molecule has 100 valence electrons. The predicted octanol–water partition coefficient (Wildman–Crippen LogP) is 1.29. The normalized spacial score (nSPS) is 17.1. The maximum absolute atomic E-state index is 9.63. The zero-order valence-corrected chi connectivity index (χ0v) is 11.9. The third-order valence-electron chi connectivity index (χ3n) is 3.21. The van der Waals surface area contributed by atoms with Crippen molar-refractivity contribution in [1.29, 1.82) is 0 Å². The Labute approximate surface area is 109 Å². The van der Waals surface area contributed by atoms with Gasteiger partial charge < -0.3 is 14.4 Å². The van der Waals surface area contributed by atoms with E-state index >= 15 is 0 Å². The van der Waals surface area contributed by atoms with Gasteiger partial charge in [-0.3, -0.25) is 0 Å². The van der Waals surface area contributed by atoms with Gasteiger partial charge in [0.15, 0.2) is 0 Å². The highest BCUT2D eigenvalue weighted by Crippen LogP contribution is 2.18. The molecule has 1 saturated heterocycles. The summed E-state index contributed by atoms with van der Waals surface area (Å²) >= 11 is 1.51. The number of likely N-dealkylation sites (tertiary alicyclic amines) is 1. The van der Waals surface area contributed by atoms with Gasteiger partial charge in [0, 0.05) is 18.8 Å². The molecule has 0 saturated carbocycles. The quantitative estimate of drug-likeness (QED) is 0.533. The Bertz CT molecular complexity index is 225. The number of carboxylic acid groups (broad SMARTS) is 1. The van der Waals surface area contributed by atoms with E-state index in [1.165, 1.54) is 55.3 Å². The van der Waals surface area contributed by atoms with Crippen LogP contribution in [0.2, 0.25) is 0 Å². The minimum Gasteiger partial charge on any atom is -0.550 e. The molecule has 1 aliphatic heterocycles. The molecule has 17 heavy (non-hydrogen) atoms. The van der Waals surface area contributed by atoms with Gasteiger partial charge in [0.25, 0.3) is 0 Å². The zero-order chi connectivity index (χ0) is 13.1. The number of nitrogens with zero attached hydrogens (tertiary/aromatic N) is 1. The number of quaternary nitrogens is 1. The average molecular weight is 259 g/mol. The van der Waals surface area contributed by atoms with E-state index in [0.717, 1.165) is 0 Å². The molecule has 0 bridgehead atoms. The number of carbonyl (C=O) groups is 1. The lowest BCUT2D eigenvalue weighted by Crippen LogP contribution is -2.44. The Morgan fingerprint density at radius 1 is 1.47 bits per heavy atom. The molecule has 3 nitrogen and oxygen atoms in total. The minimum atomic E-state index is -0.964. The van der Waals surface area contributed by atoms with Gasteiger partial charge in [-0.2, -0.15) is 11.8 Å². The lowest BCUT2D eigenvalue weighted by atomic mass is 10.4. The van der Waals surface area contributed by atoms with E-state index in [-0.39, 0.29) is 6.42 Å². The van der Waals surface area contributed by atoms with E-state index in [9.17, 15) is 9.90 Å². The van der Waals surface area contributed by atoms with Crippen molar-refractivity contribution in [2.45, 2.75) is 26.2 Å². The third-order valence-corrected chi connectivity index (χ3v) is 3.82. The monoisotopic (exact) mass is 259 g/mol. The number of carbonyl (C=O) groups excluding carboxylic acids is 1. The van der Waals surface area contributed by atoms with Crippen LogP contribution in [-0.4, -0.2) is 48.6 Å². The molecular formula is C13H25NO2S. The highest BCUT2D eigenvalue weighted by atomic mass is 32.2. The number of rotatable bonds is 6. The number of carboxylic acids is 1. The lowest BCUT2D eigenvalue weighted by molar-refractivity contribution is -0.909. The molecule has 0 aromatic carbocycles. The summed E-state index contributed by atoms with van der Waals surface area (Å²) in [4.78, 5) is 9.63. The second-order valence-electron chi connectivity index (χ2n) is 4.40. The van der Waals surface area contributed by atoms with Crippen LogP contribution in [0.1, 0.15) is 26.2 Å². The summed E-state index contributed by atoms with van der Waals surface area (Å²) in [5, 5.41) is 9.63. The van der Waals surface area contributed by atoms with Gasteiger partial charge in [0.1, 0.15) is 0 Å². The second kappa shape index (κ2) is 9.54. The zero-order valence-electron chi connectivity index (χ0n) is 11.1. The number of hydrogen-bond acceptors (Lipinski definition) is 3. The van der Waals surface area contributed by atoms with E-state index in [0.29, 0.717) is 5.75 Å². The van der Waals surface area contributed by atoms with Crippen LogP contribution >= 0.6 is 11.8 Å². The number of hydrogen-bond donors (Lipinski definition) is 0. The first-order valence-corrected chi connectivity index (χ1v) is 7.64. The SMILES string of the molecule is C=CC[N+]1(CC)CCCC1.CSCCC(=O)[O-]. The molecule has 0 radical (unpaired) electrons. The van der Waals surface area contributed by atoms with E-state index < -0.39 is 5.97 Å². The van der Waals surface area contributed by atoms with Crippen LogP contribution in [0.5, 0.6) is 0 Å². The van der Waals surface area contributed by atoms with Crippen molar-refractivity contribution in [3.05, 3.63) is 12.7 Å². The van der Waals surface area contributed by atoms with Gasteiger partial charge in [-0.15, -0.1) is 0 Å². The molecule has 4 heteroatoms. The molecule has 0 aromatic heterocycles. The Balaban J connectivity index is 0.000000325. The van der Waals surface area contributed by atoms with Crippen LogP contribution < -0.4 is 5.11 Å². The maximum Gasteiger partial charge on any atom is 0.0971 e. The molecule has 1 heterocycles. The highest BCUT2D eigenvalue weighted by molar-refractivity contribution is 7.98. The summed E-state index contributed by atoms with van der Waals surface area (Å²) in [7, 11) is 0. The van der Waals surface area contributed by atoms with Crippen molar-refractivity contribution in [2.75, 3.05) is 38.2 Å². The van der Waals surface area contributed by atoms with Crippen molar-refractivity contribution in [2.24, 2.45) is 0 Å². The van der Waals surface area contributed by atoms with Crippen LogP contribution in [-0.2, 0) is 4.79 Å². The first-order chi connectivity index (χ1) is 8.10. The Morgan fingerprint density at radius 2 is 2.06 bits per heavy atom. The summed E-state index contributed by atoms with van der Waals surface area (Å²) in [5.74, 6) is -0.308. The van der Waals surface area contributed by atoms with E-state index in [4.69, 9.17) is 0 Å². The van der Waals surface area contributed by atoms with Gasteiger partial charge >= 0.3 is 0 Å². The van der Waals surface area contributed by atoms with Crippen LogP contribution in [0.3, 0.4) is 0 Å². The summed E-state index contributed by atoms with van der Waals surface area (Å²) in [6.45, 7) is 11.3. The highest BCUT2D eigenvalue weighted by Gasteiger charge is 2.27. The molecule has 1 rings (SSSR count). The van der Waals surface area contributed by atoms with Crippen molar-refractivity contribution in [3.63, 3.8) is 0 Å². The van der Waals surface area contributed by atoms with Crippen LogP contribution in [0.4, 0.5) is 0 Å². The Kier molecular flexibility index (Phi) is 9.27. The van der Waals surface area contributed by atoms with E-state index in [1.54, 1.807) is 0 Å². The van der Waals surface area contributed by atoms with Crippen molar-refractivity contribution in [1.82, 2.24) is 0 Å². The van der Waals surface area contributed by atoms with Crippen LogP contribution in [0.25, 0.3) is 0 Å². The Hall–Kier alpha value is -0.480. The average Bonchev–Trinajstić information content (AvgIpc) is 2.77. The molecule has 0 spiro atoms. The van der Waals surface area contributed by atoms with Gasteiger partial charge in [0.05, 0.1) is 26.2 Å². The lowest BCUT2D eigenvalue weighted by Gasteiger charge is -2.31. The van der Waals surface area contributed by atoms with Gasteiger partial charge in [-0.05, 0) is 31.4 Å². The van der Waals surface area contributed by atoms with Gasteiger partial charge in [-0.25, -0.2) is 0 Å². The van der Waals surface area contributed by atoms with E-state index in [2.05, 4.69) is 19.6 Å². The van der Waals surface area contributed by atoms with Gasteiger partial charge in [0.2, 0.25) is 0 Å². The third kappa shape index (κ3) is 7.45. The van der Waals surface area contributed by atoms with Crippen molar-refractivity contribution >= 4 is 17.7 Å². The summed E-state index contributed by atoms with van der Waals surface area (Å²) in [6, 6.07) is 0. The largest absolute Gasteiger partial charge is 0.550 e. The first-order valence-electron chi connectivity index (χ1n) is 6.25. The predicted molar refractivity (Wildman–Crippen MR) is 72.8 cm³/mol. The molecule has 0 N–H and O–H groups in total. The molecular weight excluding hydrogens is 234 g/mol. The van der Waals surface area contributed by atoms with Crippen LogP contribution in [0, 0.1) is 0 Å². The fourth-order valence-corrected chi connectivity index (χ4v) is 2.46. The molecule has 1 aliphatic rings. The minimum absolute atomic E-state index is 0.168. The fourth-order valence-electron chi connectivity index (χ4n) is 2.09. The molecule has 0 unspecified atom stereocenters. The number of thioether (sulfide) groups is 1. The topological polar surface area (TPSA) is 40.1 Å². The fraction of sp³-hybridized carbons (Fsp3) is 0.769. The standard InChI is InChI=1S/C9H18N.C4H8O2S/c1-3-7-10(4-2)8-5-6-9-10;1-7-3-2-4(5)6/h3H,1,4-9H2,2H3;2-3H2,1H3,(H,5,6)/q+1;/p-1.